The standard InChI is InChI=1S/C14H30N2/c1-5-14(6-2)15-8-10-16-9-7-13(11-16)12(3)4/h12-15H,5-11H2,1-4H3. The minimum Gasteiger partial charge on any atom is -0.313 e. The Morgan fingerprint density at radius 1 is 1.25 bits per heavy atom. The Morgan fingerprint density at radius 2 is 1.94 bits per heavy atom. The fourth-order valence-electron chi connectivity index (χ4n) is 2.61. The summed E-state index contributed by atoms with van der Waals surface area (Å²) in [6.45, 7) is 14.3. The molecule has 2 nitrogen and oxygen atoms in total. The highest BCUT2D eigenvalue weighted by molar-refractivity contribution is 4.78. The van der Waals surface area contributed by atoms with Gasteiger partial charge in [0.05, 0.1) is 0 Å². The van der Waals surface area contributed by atoms with Crippen LogP contribution in [0.25, 0.3) is 0 Å². The summed E-state index contributed by atoms with van der Waals surface area (Å²) in [5.74, 6) is 1.80. The van der Waals surface area contributed by atoms with Crippen LogP contribution in [0, 0.1) is 11.8 Å². The van der Waals surface area contributed by atoms with Crippen molar-refractivity contribution in [2.45, 2.75) is 53.0 Å². The topological polar surface area (TPSA) is 15.3 Å². The molecule has 0 aliphatic carbocycles. The normalized spacial score (nSPS) is 22.5. The molecule has 16 heavy (non-hydrogen) atoms. The largest absolute Gasteiger partial charge is 0.313 e. The molecular formula is C14H30N2. The Balaban J connectivity index is 2.11. The van der Waals surface area contributed by atoms with Crippen molar-refractivity contribution in [2.75, 3.05) is 26.2 Å². The monoisotopic (exact) mass is 226 g/mol. The van der Waals surface area contributed by atoms with Crippen LogP contribution in [0.15, 0.2) is 0 Å². The van der Waals surface area contributed by atoms with Gasteiger partial charge in [0.15, 0.2) is 0 Å². The maximum atomic E-state index is 3.65. The lowest BCUT2D eigenvalue weighted by atomic mass is 9.95. The molecule has 0 aromatic carbocycles. The fraction of sp³-hybridized carbons (Fsp3) is 1.00. The van der Waals surface area contributed by atoms with E-state index >= 15 is 0 Å². The third-order valence-electron chi connectivity index (χ3n) is 4.10. The molecule has 96 valence electrons. The van der Waals surface area contributed by atoms with Crippen LogP contribution in [-0.2, 0) is 0 Å². The average molecular weight is 226 g/mol. The van der Waals surface area contributed by atoms with E-state index in [4.69, 9.17) is 0 Å². The highest BCUT2D eigenvalue weighted by Gasteiger charge is 2.24. The van der Waals surface area contributed by atoms with Gasteiger partial charge in [-0.3, -0.25) is 0 Å². The van der Waals surface area contributed by atoms with Gasteiger partial charge in [-0.2, -0.15) is 0 Å². The van der Waals surface area contributed by atoms with Gasteiger partial charge in [-0.25, -0.2) is 0 Å². The van der Waals surface area contributed by atoms with Gasteiger partial charge in [0.1, 0.15) is 0 Å². The summed E-state index contributed by atoms with van der Waals surface area (Å²) in [4.78, 5) is 2.63. The van der Waals surface area contributed by atoms with Crippen LogP contribution in [0.4, 0.5) is 0 Å². The number of rotatable bonds is 7. The highest BCUT2D eigenvalue weighted by atomic mass is 15.2. The molecule has 1 rings (SSSR count). The van der Waals surface area contributed by atoms with Crippen LogP contribution in [0.3, 0.4) is 0 Å². The van der Waals surface area contributed by atoms with E-state index in [1.165, 1.54) is 38.9 Å². The number of nitrogens with zero attached hydrogens (tertiary/aromatic N) is 1. The van der Waals surface area contributed by atoms with Gasteiger partial charge in [0.2, 0.25) is 0 Å². The maximum absolute atomic E-state index is 3.65. The predicted molar refractivity (Wildman–Crippen MR) is 71.8 cm³/mol. The first-order valence-corrected chi connectivity index (χ1v) is 7.13. The molecule has 1 aliphatic rings. The Hall–Kier alpha value is -0.0800. The molecular weight excluding hydrogens is 196 g/mol. The van der Waals surface area contributed by atoms with E-state index in [1.807, 2.05) is 0 Å². The number of hydrogen-bond donors (Lipinski definition) is 1. The second kappa shape index (κ2) is 7.29. The molecule has 0 amide bonds. The van der Waals surface area contributed by atoms with Crippen molar-refractivity contribution in [3.63, 3.8) is 0 Å². The van der Waals surface area contributed by atoms with Crippen LogP contribution < -0.4 is 5.32 Å². The van der Waals surface area contributed by atoms with Crippen molar-refractivity contribution in [1.29, 1.82) is 0 Å². The van der Waals surface area contributed by atoms with Gasteiger partial charge >= 0.3 is 0 Å². The molecule has 0 bridgehead atoms. The Morgan fingerprint density at radius 3 is 2.44 bits per heavy atom. The molecule has 1 atom stereocenters. The molecule has 1 fully saturated rings. The molecule has 1 N–H and O–H groups in total. The van der Waals surface area contributed by atoms with Crippen LogP contribution in [0.1, 0.15) is 47.0 Å². The summed E-state index contributed by atoms with van der Waals surface area (Å²) < 4.78 is 0. The van der Waals surface area contributed by atoms with E-state index in [1.54, 1.807) is 0 Å². The summed E-state index contributed by atoms with van der Waals surface area (Å²) in [5, 5.41) is 3.65. The Kier molecular flexibility index (Phi) is 6.37. The maximum Gasteiger partial charge on any atom is 0.0107 e. The minimum absolute atomic E-state index is 0.725. The summed E-state index contributed by atoms with van der Waals surface area (Å²) in [5.41, 5.74) is 0. The summed E-state index contributed by atoms with van der Waals surface area (Å²) in [6, 6.07) is 0.725. The van der Waals surface area contributed by atoms with E-state index in [0.29, 0.717) is 0 Å². The minimum atomic E-state index is 0.725. The second-order valence-electron chi connectivity index (χ2n) is 5.56. The van der Waals surface area contributed by atoms with Crippen LogP contribution >= 0.6 is 0 Å². The van der Waals surface area contributed by atoms with E-state index in [2.05, 4.69) is 37.9 Å². The molecule has 0 saturated carbocycles. The first-order valence-electron chi connectivity index (χ1n) is 7.13. The first kappa shape index (κ1) is 14.0. The molecule has 0 aromatic heterocycles. The van der Waals surface area contributed by atoms with Crippen molar-refractivity contribution < 1.29 is 0 Å². The molecule has 1 unspecified atom stereocenters. The zero-order valence-corrected chi connectivity index (χ0v) is 11.6. The lowest BCUT2D eigenvalue weighted by Crippen LogP contribution is -2.36. The number of hydrogen-bond acceptors (Lipinski definition) is 2. The first-order chi connectivity index (χ1) is 7.67. The van der Waals surface area contributed by atoms with Gasteiger partial charge in [0, 0.05) is 25.7 Å². The number of likely N-dealkylation sites (tertiary alicyclic amines) is 1. The molecule has 2 heteroatoms. The Labute approximate surface area is 102 Å². The molecule has 0 spiro atoms. The third-order valence-corrected chi connectivity index (χ3v) is 4.10. The van der Waals surface area contributed by atoms with Crippen molar-refractivity contribution in [3.05, 3.63) is 0 Å². The quantitative estimate of drug-likeness (QED) is 0.718. The van der Waals surface area contributed by atoms with Crippen molar-refractivity contribution >= 4 is 0 Å². The van der Waals surface area contributed by atoms with Gasteiger partial charge in [0.25, 0.3) is 0 Å². The van der Waals surface area contributed by atoms with Gasteiger partial charge in [-0.15, -0.1) is 0 Å². The van der Waals surface area contributed by atoms with Crippen molar-refractivity contribution in [1.82, 2.24) is 10.2 Å². The van der Waals surface area contributed by atoms with E-state index in [-0.39, 0.29) is 0 Å². The smallest absolute Gasteiger partial charge is 0.0107 e. The Bertz CT molecular complexity index is 176. The predicted octanol–water partition coefficient (Wildman–Crippen LogP) is 2.74. The van der Waals surface area contributed by atoms with Crippen molar-refractivity contribution in [2.24, 2.45) is 11.8 Å². The summed E-state index contributed by atoms with van der Waals surface area (Å²) >= 11 is 0. The number of nitrogens with one attached hydrogen (secondary N) is 1. The van der Waals surface area contributed by atoms with Crippen molar-refractivity contribution in [3.8, 4) is 0 Å². The summed E-state index contributed by atoms with van der Waals surface area (Å²) in [6.07, 6.45) is 3.92. The molecule has 0 radical (unpaired) electrons. The van der Waals surface area contributed by atoms with Crippen LogP contribution in [-0.4, -0.2) is 37.1 Å². The zero-order chi connectivity index (χ0) is 12.0. The molecule has 0 aromatic rings. The third kappa shape index (κ3) is 4.42. The van der Waals surface area contributed by atoms with Gasteiger partial charge in [-0.05, 0) is 37.6 Å². The lowest BCUT2D eigenvalue weighted by molar-refractivity contribution is 0.295. The zero-order valence-electron chi connectivity index (χ0n) is 11.6. The van der Waals surface area contributed by atoms with E-state index in [0.717, 1.165) is 24.4 Å². The fourth-order valence-corrected chi connectivity index (χ4v) is 2.61. The summed E-state index contributed by atoms with van der Waals surface area (Å²) in [7, 11) is 0. The van der Waals surface area contributed by atoms with E-state index in [9.17, 15) is 0 Å². The molecule has 1 aliphatic heterocycles. The van der Waals surface area contributed by atoms with Gasteiger partial charge < -0.3 is 10.2 Å². The highest BCUT2D eigenvalue weighted by Crippen LogP contribution is 2.22. The van der Waals surface area contributed by atoms with E-state index < -0.39 is 0 Å². The SMILES string of the molecule is CCC(CC)NCCN1CCC(C(C)C)C1. The van der Waals surface area contributed by atoms with Crippen LogP contribution in [0.5, 0.6) is 0 Å². The second-order valence-corrected chi connectivity index (χ2v) is 5.56. The average Bonchev–Trinajstić information content (AvgIpc) is 2.73. The lowest BCUT2D eigenvalue weighted by Gasteiger charge is -2.20. The van der Waals surface area contributed by atoms with Gasteiger partial charge in [-0.1, -0.05) is 27.7 Å². The van der Waals surface area contributed by atoms with Crippen LogP contribution in [0.2, 0.25) is 0 Å². The molecule has 1 heterocycles. The molecule has 1 saturated heterocycles.